The molecule has 1 aromatic carbocycles. The Morgan fingerprint density at radius 2 is 1.75 bits per heavy atom. The van der Waals surface area contributed by atoms with Gasteiger partial charge in [0.2, 0.25) is 5.91 Å². The summed E-state index contributed by atoms with van der Waals surface area (Å²) in [6, 6.07) is 7.73. The van der Waals surface area contributed by atoms with Crippen LogP contribution < -0.4 is 21.9 Å². The molecule has 0 fully saturated rings. The average molecular weight is 328 g/mol. The fraction of sp³-hybridized carbons (Fsp3) is 0.250. The molecule has 1 unspecified atom stereocenters. The summed E-state index contributed by atoms with van der Waals surface area (Å²) in [4.78, 5) is 48.7. The summed E-state index contributed by atoms with van der Waals surface area (Å²) in [7, 11) is 2.81. The van der Waals surface area contributed by atoms with Crippen LogP contribution in [-0.4, -0.2) is 26.9 Å². The molecule has 8 heteroatoms. The first-order chi connectivity index (χ1) is 11.4. The van der Waals surface area contributed by atoms with E-state index in [0.717, 1.165) is 4.57 Å². The van der Waals surface area contributed by atoms with Gasteiger partial charge >= 0.3 is 5.69 Å². The van der Waals surface area contributed by atoms with Gasteiger partial charge in [0, 0.05) is 26.1 Å². The second-order valence-corrected chi connectivity index (χ2v) is 5.61. The highest BCUT2D eigenvalue weighted by Gasteiger charge is 2.31. The predicted octanol–water partition coefficient (Wildman–Crippen LogP) is 0.0896. The Kier molecular flexibility index (Phi) is 3.80. The lowest BCUT2D eigenvalue weighted by Crippen LogP contribution is -2.48. The van der Waals surface area contributed by atoms with Crippen LogP contribution in [-0.2, 0) is 18.9 Å². The van der Waals surface area contributed by atoms with Crippen molar-refractivity contribution in [1.82, 2.24) is 9.13 Å². The minimum absolute atomic E-state index is 0.0960. The van der Waals surface area contributed by atoms with Crippen LogP contribution in [0.4, 0.5) is 11.5 Å². The molecule has 8 nitrogen and oxygen atoms in total. The van der Waals surface area contributed by atoms with Gasteiger partial charge in [-0.25, -0.2) is 4.79 Å². The molecule has 124 valence electrons. The van der Waals surface area contributed by atoms with Crippen molar-refractivity contribution in [3.8, 4) is 0 Å². The molecule has 24 heavy (non-hydrogen) atoms. The monoisotopic (exact) mass is 328 g/mol. The normalized spacial score (nSPS) is 16.1. The highest BCUT2D eigenvalue weighted by Crippen LogP contribution is 2.22. The largest absolute Gasteiger partial charge is 0.366 e. The van der Waals surface area contributed by atoms with Gasteiger partial charge in [-0.15, -0.1) is 0 Å². The van der Waals surface area contributed by atoms with Gasteiger partial charge in [0.25, 0.3) is 5.56 Å². The summed E-state index contributed by atoms with van der Waals surface area (Å²) in [6.45, 7) is 0. The van der Waals surface area contributed by atoms with Crippen molar-refractivity contribution in [1.29, 1.82) is 0 Å². The van der Waals surface area contributed by atoms with Crippen molar-refractivity contribution in [2.45, 2.75) is 12.5 Å². The number of amides is 1. The SMILES string of the molecule is Cn1c2c(c(=O)n(C)c1=O)NC(CC(=O)c1ccccc1)C(=O)N2. The van der Waals surface area contributed by atoms with Crippen molar-refractivity contribution in [3.63, 3.8) is 0 Å². The van der Waals surface area contributed by atoms with E-state index in [4.69, 9.17) is 0 Å². The Balaban J connectivity index is 1.93. The van der Waals surface area contributed by atoms with Gasteiger partial charge in [0.1, 0.15) is 17.5 Å². The van der Waals surface area contributed by atoms with Crippen molar-refractivity contribution >= 4 is 23.2 Å². The molecule has 2 aromatic rings. The number of anilines is 2. The number of ketones is 1. The lowest BCUT2D eigenvalue weighted by atomic mass is 10.0. The quantitative estimate of drug-likeness (QED) is 0.778. The van der Waals surface area contributed by atoms with Gasteiger partial charge in [-0.2, -0.15) is 0 Å². The van der Waals surface area contributed by atoms with Crippen LogP contribution in [0, 0.1) is 0 Å². The first-order valence-electron chi connectivity index (χ1n) is 7.36. The third-order valence-corrected chi connectivity index (χ3v) is 4.03. The maximum Gasteiger partial charge on any atom is 0.332 e. The summed E-state index contributed by atoms with van der Waals surface area (Å²) in [5.74, 6) is -0.570. The van der Waals surface area contributed by atoms with E-state index in [9.17, 15) is 19.2 Å². The molecule has 0 saturated carbocycles. The van der Waals surface area contributed by atoms with E-state index in [1.807, 2.05) is 0 Å². The molecular weight excluding hydrogens is 312 g/mol. The molecular formula is C16H16N4O4. The number of nitrogens with zero attached hydrogens (tertiary/aromatic N) is 2. The van der Waals surface area contributed by atoms with Crippen LogP contribution in [0.1, 0.15) is 16.8 Å². The molecule has 0 aliphatic carbocycles. The Labute approximate surface area is 136 Å². The number of hydrogen-bond acceptors (Lipinski definition) is 5. The van der Waals surface area contributed by atoms with E-state index >= 15 is 0 Å². The maximum atomic E-state index is 12.3. The van der Waals surface area contributed by atoms with Crippen LogP contribution in [0.2, 0.25) is 0 Å². The molecule has 3 rings (SSSR count). The minimum atomic E-state index is -0.879. The molecule has 0 spiro atoms. The molecule has 2 heterocycles. The van der Waals surface area contributed by atoms with Crippen LogP contribution in [0.5, 0.6) is 0 Å². The Morgan fingerprint density at radius 1 is 1.08 bits per heavy atom. The molecule has 0 saturated heterocycles. The van der Waals surface area contributed by atoms with Crippen LogP contribution >= 0.6 is 0 Å². The number of Topliss-reactive ketones (excluding diaryl/α,β-unsaturated/α-hetero) is 1. The summed E-state index contributed by atoms with van der Waals surface area (Å²) in [5.41, 5.74) is -0.499. The molecule has 1 aromatic heterocycles. The van der Waals surface area contributed by atoms with E-state index < -0.39 is 23.2 Å². The highest BCUT2D eigenvalue weighted by molar-refractivity contribution is 6.06. The molecule has 1 amide bonds. The predicted molar refractivity (Wildman–Crippen MR) is 88.4 cm³/mol. The van der Waals surface area contributed by atoms with Crippen LogP contribution in [0.3, 0.4) is 0 Å². The van der Waals surface area contributed by atoms with Crippen molar-refractivity contribution in [2.24, 2.45) is 14.1 Å². The molecule has 1 aliphatic heterocycles. The highest BCUT2D eigenvalue weighted by atomic mass is 16.2. The molecule has 0 bridgehead atoms. The molecule has 1 aliphatic rings. The van der Waals surface area contributed by atoms with Crippen molar-refractivity contribution < 1.29 is 9.59 Å². The fourth-order valence-electron chi connectivity index (χ4n) is 2.64. The second-order valence-electron chi connectivity index (χ2n) is 5.61. The second kappa shape index (κ2) is 5.80. The average Bonchev–Trinajstić information content (AvgIpc) is 2.60. The van der Waals surface area contributed by atoms with E-state index in [0.29, 0.717) is 5.56 Å². The van der Waals surface area contributed by atoms with Gasteiger partial charge in [-0.3, -0.25) is 23.5 Å². The van der Waals surface area contributed by atoms with E-state index in [1.165, 1.54) is 18.7 Å². The topological polar surface area (TPSA) is 102 Å². The number of carbonyl (C=O) groups is 2. The number of fused-ring (bicyclic) bond motifs is 1. The minimum Gasteiger partial charge on any atom is -0.366 e. The zero-order valence-corrected chi connectivity index (χ0v) is 13.2. The molecule has 1 atom stereocenters. The van der Waals surface area contributed by atoms with Gasteiger partial charge in [0.15, 0.2) is 5.78 Å². The smallest absolute Gasteiger partial charge is 0.332 e. The van der Waals surface area contributed by atoms with Crippen molar-refractivity contribution in [3.05, 3.63) is 56.7 Å². The number of hydrogen-bond donors (Lipinski definition) is 2. The van der Waals surface area contributed by atoms with Crippen molar-refractivity contribution in [2.75, 3.05) is 10.6 Å². The Morgan fingerprint density at radius 3 is 2.42 bits per heavy atom. The number of nitrogens with one attached hydrogen (secondary N) is 2. The van der Waals surface area contributed by atoms with Gasteiger partial charge in [-0.05, 0) is 0 Å². The Hall–Kier alpha value is -3.16. The van der Waals surface area contributed by atoms with Gasteiger partial charge < -0.3 is 10.6 Å². The number of rotatable bonds is 3. The lowest BCUT2D eigenvalue weighted by Gasteiger charge is -2.27. The summed E-state index contributed by atoms with van der Waals surface area (Å²) < 4.78 is 2.12. The summed E-state index contributed by atoms with van der Waals surface area (Å²) >= 11 is 0. The van der Waals surface area contributed by atoms with E-state index in [2.05, 4.69) is 10.6 Å². The van der Waals surface area contributed by atoms with Crippen LogP contribution in [0.15, 0.2) is 39.9 Å². The van der Waals surface area contributed by atoms with Gasteiger partial charge in [-0.1, -0.05) is 30.3 Å². The van der Waals surface area contributed by atoms with Crippen LogP contribution in [0.25, 0.3) is 0 Å². The fourth-order valence-corrected chi connectivity index (χ4v) is 2.64. The standard InChI is InChI=1S/C16H16N4O4/c1-19-13-12(15(23)20(2)16(19)24)17-10(14(22)18-13)8-11(21)9-6-4-3-5-7-9/h3-7,10,17H,8H2,1-2H3,(H,18,22). The molecule has 0 radical (unpaired) electrons. The zero-order chi connectivity index (χ0) is 17.4. The number of benzene rings is 1. The van der Waals surface area contributed by atoms with E-state index in [1.54, 1.807) is 30.3 Å². The number of aromatic nitrogens is 2. The van der Waals surface area contributed by atoms with Gasteiger partial charge in [0.05, 0.1) is 0 Å². The third kappa shape index (κ3) is 2.51. The molecule has 2 N–H and O–H groups in total. The first-order valence-corrected chi connectivity index (χ1v) is 7.36. The maximum absolute atomic E-state index is 12.3. The van der Waals surface area contributed by atoms with E-state index in [-0.39, 0.29) is 23.7 Å². The zero-order valence-electron chi connectivity index (χ0n) is 13.2. The summed E-state index contributed by atoms with van der Waals surface area (Å²) in [5, 5.41) is 5.34. The lowest BCUT2D eigenvalue weighted by molar-refractivity contribution is -0.117. The summed E-state index contributed by atoms with van der Waals surface area (Å²) in [6.07, 6.45) is -0.0960. The first kappa shape index (κ1) is 15.7. The Bertz CT molecular complexity index is 943. The third-order valence-electron chi connectivity index (χ3n) is 4.03. The number of carbonyl (C=O) groups excluding carboxylic acids is 2.